The van der Waals surface area contributed by atoms with Crippen molar-refractivity contribution in [3.05, 3.63) is 0 Å². The van der Waals surface area contributed by atoms with Gasteiger partial charge in [0.1, 0.15) is 0 Å². The van der Waals surface area contributed by atoms with E-state index in [2.05, 4.69) is 0 Å². The molecule has 0 spiro atoms. The highest BCUT2D eigenvalue weighted by Gasteiger charge is 2.30. The number of likely N-dealkylation sites (tertiary alicyclic amines) is 1. The van der Waals surface area contributed by atoms with Crippen molar-refractivity contribution >= 4 is 5.91 Å². The molecule has 0 aromatic heterocycles. The maximum atomic E-state index is 11.7. The van der Waals surface area contributed by atoms with Crippen molar-refractivity contribution in [1.29, 1.82) is 0 Å². The second-order valence-electron chi connectivity index (χ2n) is 4.80. The Morgan fingerprint density at radius 3 is 2.80 bits per heavy atom. The molecule has 4 nitrogen and oxygen atoms in total. The number of nitrogens with zero attached hydrogens (tertiary/aromatic N) is 1. The number of carbonyl (C=O) groups excluding carboxylic acids is 1. The second kappa shape index (κ2) is 4.94. The third kappa shape index (κ3) is 4.18. The van der Waals surface area contributed by atoms with Crippen LogP contribution in [0.25, 0.3) is 0 Å². The molecule has 2 atom stereocenters. The largest absolute Gasteiger partial charge is 0.393 e. The van der Waals surface area contributed by atoms with Crippen LogP contribution in [0.1, 0.15) is 39.5 Å². The number of hydrogen-bond donors (Lipinski definition) is 2. The molecule has 88 valence electrons. The molecule has 2 unspecified atom stereocenters. The van der Waals surface area contributed by atoms with Crippen LogP contribution < -0.4 is 0 Å². The normalized spacial score (nSPS) is 28.9. The molecule has 1 saturated heterocycles. The minimum atomic E-state index is -0.737. The number of aliphatic hydroxyl groups is 2. The van der Waals surface area contributed by atoms with E-state index in [1.807, 2.05) is 0 Å². The molecule has 2 N–H and O–H groups in total. The SMILES string of the molecule is CC(O)CCC(=O)N1CCCC(C)(O)C1. The molecule has 4 heteroatoms. The minimum Gasteiger partial charge on any atom is -0.393 e. The molecule has 1 fully saturated rings. The third-order valence-electron chi connectivity index (χ3n) is 2.80. The van der Waals surface area contributed by atoms with Crippen molar-refractivity contribution in [3.63, 3.8) is 0 Å². The predicted octanol–water partition coefficient (Wildman–Crippen LogP) is 0.521. The molecule has 1 aliphatic heterocycles. The average molecular weight is 215 g/mol. The number of hydrogen-bond acceptors (Lipinski definition) is 3. The van der Waals surface area contributed by atoms with Crippen molar-refractivity contribution < 1.29 is 15.0 Å². The molecule has 15 heavy (non-hydrogen) atoms. The molecule has 1 aliphatic rings. The van der Waals surface area contributed by atoms with E-state index in [4.69, 9.17) is 5.11 Å². The highest BCUT2D eigenvalue weighted by atomic mass is 16.3. The van der Waals surface area contributed by atoms with Gasteiger partial charge in [-0.05, 0) is 33.1 Å². The van der Waals surface area contributed by atoms with E-state index >= 15 is 0 Å². The van der Waals surface area contributed by atoms with Crippen LogP contribution in [0.4, 0.5) is 0 Å². The maximum absolute atomic E-state index is 11.7. The van der Waals surface area contributed by atoms with Gasteiger partial charge in [-0.25, -0.2) is 0 Å². The van der Waals surface area contributed by atoms with Crippen LogP contribution in [0.15, 0.2) is 0 Å². The fourth-order valence-corrected chi connectivity index (χ4v) is 1.92. The summed E-state index contributed by atoms with van der Waals surface area (Å²) in [6, 6.07) is 0. The van der Waals surface area contributed by atoms with E-state index in [-0.39, 0.29) is 5.91 Å². The molecule has 0 aliphatic carbocycles. The van der Waals surface area contributed by atoms with Crippen molar-refractivity contribution in [2.75, 3.05) is 13.1 Å². The van der Waals surface area contributed by atoms with E-state index in [9.17, 15) is 9.90 Å². The lowest BCUT2D eigenvalue weighted by molar-refractivity contribution is -0.138. The summed E-state index contributed by atoms with van der Waals surface area (Å²) >= 11 is 0. The first-order valence-corrected chi connectivity index (χ1v) is 5.59. The summed E-state index contributed by atoms with van der Waals surface area (Å²) in [5.74, 6) is 0.0378. The molecule has 1 rings (SSSR count). The van der Waals surface area contributed by atoms with Crippen LogP contribution in [-0.4, -0.2) is 45.8 Å². The van der Waals surface area contributed by atoms with Gasteiger partial charge in [-0.15, -0.1) is 0 Å². The van der Waals surface area contributed by atoms with E-state index in [0.717, 1.165) is 19.4 Å². The van der Waals surface area contributed by atoms with Gasteiger partial charge in [-0.2, -0.15) is 0 Å². The van der Waals surface area contributed by atoms with Crippen LogP contribution in [0.3, 0.4) is 0 Å². The predicted molar refractivity (Wildman–Crippen MR) is 57.4 cm³/mol. The number of carbonyl (C=O) groups is 1. The molecule has 0 bridgehead atoms. The number of aliphatic hydroxyl groups excluding tert-OH is 1. The van der Waals surface area contributed by atoms with E-state index in [1.54, 1.807) is 18.7 Å². The smallest absolute Gasteiger partial charge is 0.222 e. The van der Waals surface area contributed by atoms with Crippen molar-refractivity contribution in [1.82, 2.24) is 4.90 Å². The highest BCUT2D eigenvalue weighted by Crippen LogP contribution is 2.21. The number of piperidine rings is 1. The Labute approximate surface area is 90.9 Å². The van der Waals surface area contributed by atoms with Crippen molar-refractivity contribution in [2.45, 2.75) is 51.2 Å². The summed E-state index contributed by atoms with van der Waals surface area (Å²) in [5.41, 5.74) is -0.737. The first kappa shape index (κ1) is 12.5. The van der Waals surface area contributed by atoms with Crippen LogP contribution in [0, 0.1) is 0 Å². The third-order valence-corrected chi connectivity index (χ3v) is 2.80. The Balaban J connectivity index is 2.39. The van der Waals surface area contributed by atoms with E-state index < -0.39 is 11.7 Å². The van der Waals surface area contributed by atoms with Gasteiger partial charge in [-0.3, -0.25) is 4.79 Å². The fourth-order valence-electron chi connectivity index (χ4n) is 1.92. The molecule has 0 aromatic rings. The molecule has 0 saturated carbocycles. The molecule has 0 aromatic carbocycles. The molecule has 1 heterocycles. The van der Waals surface area contributed by atoms with Gasteiger partial charge in [0.05, 0.1) is 11.7 Å². The second-order valence-corrected chi connectivity index (χ2v) is 4.80. The molecular formula is C11H21NO3. The topological polar surface area (TPSA) is 60.8 Å². The van der Waals surface area contributed by atoms with Gasteiger partial charge < -0.3 is 15.1 Å². The molecular weight excluding hydrogens is 194 g/mol. The van der Waals surface area contributed by atoms with Crippen molar-refractivity contribution in [2.24, 2.45) is 0 Å². The summed E-state index contributed by atoms with van der Waals surface area (Å²) in [6.45, 7) is 4.60. The monoisotopic (exact) mass is 215 g/mol. The zero-order valence-electron chi connectivity index (χ0n) is 9.57. The summed E-state index contributed by atoms with van der Waals surface area (Å²) in [7, 11) is 0. The summed E-state index contributed by atoms with van der Waals surface area (Å²) < 4.78 is 0. The number of rotatable bonds is 3. The van der Waals surface area contributed by atoms with E-state index in [1.165, 1.54) is 0 Å². The Bertz CT molecular complexity index is 226. The molecule has 0 radical (unpaired) electrons. The zero-order valence-corrected chi connectivity index (χ0v) is 9.57. The lowest BCUT2D eigenvalue weighted by Gasteiger charge is -2.37. The number of amides is 1. The van der Waals surface area contributed by atoms with Crippen LogP contribution >= 0.6 is 0 Å². The van der Waals surface area contributed by atoms with Crippen LogP contribution in [0.5, 0.6) is 0 Å². The number of β-amino-alcohol motifs (C(OH)–C–C–N with tert-alkyl or cyclic N) is 1. The lowest BCUT2D eigenvalue weighted by atomic mass is 9.95. The van der Waals surface area contributed by atoms with Gasteiger partial charge in [-0.1, -0.05) is 0 Å². The quantitative estimate of drug-likeness (QED) is 0.721. The first-order chi connectivity index (χ1) is 6.91. The maximum Gasteiger partial charge on any atom is 0.222 e. The Kier molecular flexibility index (Phi) is 4.11. The Morgan fingerprint density at radius 1 is 1.60 bits per heavy atom. The van der Waals surface area contributed by atoms with Gasteiger partial charge in [0.25, 0.3) is 0 Å². The van der Waals surface area contributed by atoms with Gasteiger partial charge in [0.15, 0.2) is 0 Å². The van der Waals surface area contributed by atoms with Gasteiger partial charge >= 0.3 is 0 Å². The fraction of sp³-hybridized carbons (Fsp3) is 0.909. The van der Waals surface area contributed by atoms with E-state index in [0.29, 0.717) is 19.4 Å². The van der Waals surface area contributed by atoms with Crippen LogP contribution in [-0.2, 0) is 4.79 Å². The van der Waals surface area contributed by atoms with Gasteiger partial charge in [0.2, 0.25) is 5.91 Å². The molecule has 1 amide bonds. The van der Waals surface area contributed by atoms with Crippen LogP contribution in [0.2, 0.25) is 0 Å². The Morgan fingerprint density at radius 2 is 2.27 bits per heavy atom. The minimum absolute atomic E-state index is 0.0378. The van der Waals surface area contributed by atoms with Gasteiger partial charge in [0, 0.05) is 19.5 Å². The Hall–Kier alpha value is -0.610. The standard InChI is InChI=1S/C11H21NO3/c1-9(13)4-5-10(14)12-7-3-6-11(2,15)8-12/h9,13,15H,3-8H2,1-2H3. The lowest BCUT2D eigenvalue weighted by Crippen LogP contribution is -2.48. The summed E-state index contributed by atoms with van der Waals surface area (Å²) in [5, 5.41) is 18.9. The summed E-state index contributed by atoms with van der Waals surface area (Å²) in [6.07, 6.45) is 2.05. The van der Waals surface area contributed by atoms with Crippen molar-refractivity contribution in [3.8, 4) is 0 Å². The first-order valence-electron chi connectivity index (χ1n) is 5.59. The average Bonchev–Trinajstić information content (AvgIpc) is 2.12. The highest BCUT2D eigenvalue weighted by molar-refractivity contribution is 5.76. The summed E-state index contributed by atoms with van der Waals surface area (Å²) in [4.78, 5) is 13.4. The zero-order chi connectivity index (χ0) is 11.5.